The van der Waals surface area contributed by atoms with Crippen molar-refractivity contribution in [2.75, 3.05) is 31.6 Å². The number of amides is 1. The Kier molecular flexibility index (Phi) is 10.1. The van der Waals surface area contributed by atoms with Gasteiger partial charge in [-0.1, -0.05) is 24.3 Å². The molecule has 2 aromatic rings. The van der Waals surface area contributed by atoms with E-state index < -0.39 is 0 Å². The molecule has 0 saturated carbocycles. The number of rotatable bonds is 7. The van der Waals surface area contributed by atoms with Gasteiger partial charge in [0.2, 0.25) is 0 Å². The number of halogens is 1. The van der Waals surface area contributed by atoms with Crippen molar-refractivity contribution < 1.29 is 4.79 Å². The predicted octanol–water partition coefficient (Wildman–Crippen LogP) is 4.08. The van der Waals surface area contributed by atoms with Crippen molar-refractivity contribution in [2.45, 2.75) is 39.3 Å². The molecule has 1 amide bonds. The molecule has 0 bridgehead atoms. The van der Waals surface area contributed by atoms with Gasteiger partial charge in [0.1, 0.15) is 0 Å². The third-order valence-corrected chi connectivity index (χ3v) is 5.43. The molecule has 1 atom stereocenters. The van der Waals surface area contributed by atoms with E-state index in [2.05, 4.69) is 57.0 Å². The van der Waals surface area contributed by atoms with Crippen LogP contribution in [0.1, 0.15) is 54.2 Å². The molecular formula is C24H34IN5O. The van der Waals surface area contributed by atoms with Crippen LogP contribution >= 0.6 is 24.0 Å². The van der Waals surface area contributed by atoms with Crippen molar-refractivity contribution in [2.24, 2.45) is 4.99 Å². The second-order valence-electron chi connectivity index (χ2n) is 7.64. The number of hydrogen-bond acceptors (Lipinski definition) is 3. The van der Waals surface area contributed by atoms with E-state index in [4.69, 9.17) is 0 Å². The Balaban J connectivity index is 0.00000341. The lowest BCUT2D eigenvalue weighted by Crippen LogP contribution is -2.38. The van der Waals surface area contributed by atoms with Gasteiger partial charge < -0.3 is 20.9 Å². The lowest BCUT2D eigenvalue weighted by molar-refractivity contribution is 0.0956. The number of guanidine groups is 1. The summed E-state index contributed by atoms with van der Waals surface area (Å²) in [5.74, 6) is 0.710. The Morgan fingerprint density at radius 2 is 1.81 bits per heavy atom. The highest BCUT2D eigenvalue weighted by atomic mass is 127. The SMILES string of the molecule is CCNC(=O)c1ccc(CNC(=NC)NC(C)c2cccc(N3CCCC3)c2)cc1.I. The lowest BCUT2D eigenvalue weighted by Gasteiger charge is -2.22. The normalized spacial score (nSPS) is 14.5. The maximum absolute atomic E-state index is 11.9. The molecule has 1 aliphatic rings. The van der Waals surface area contributed by atoms with E-state index in [1.165, 1.54) is 24.1 Å². The summed E-state index contributed by atoms with van der Waals surface area (Å²) in [6.07, 6.45) is 2.55. The average molecular weight is 535 g/mol. The molecule has 168 valence electrons. The molecule has 0 radical (unpaired) electrons. The largest absolute Gasteiger partial charge is 0.372 e. The number of anilines is 1. The van der Waals surface area contributed by atoms with E-state index in [1.807, 2.05) is 31.2 Å². The van der Waals surface area contributed by atoms with Gasteiger partial charge in [-0.25, -0.2) is 0 Å². The zero-order chi connectivity index (χ0) is 21.3. The predicted molar refractivity (Wildman–Crippen MR) is 140 cm³/mol. The summed E-state index contributed by atoms with van der Waals surface area (Å²) in [7, 11) is 1.78. The number of carbonyl (C=O) groups is 1. The molecule has 6 nitrogen and oxygen atoms in total. The van der Waals surface area contributed by atoms with E-state index in [0.717, 1.165) is 24.6 Å². The summed E-state index contributed by atoms with van der Waals surface area (Å²) < 4.78 is 0. The first kappa shape index (κ1) is 25.0. The third kappa shape index (κ3) is 7.12. The highest BCUT2D eigenvalue weighted by molar-refractivity contribution is 14.0. The Morgan fingerprint density at radius 3 is 2.45 bits per heavy atom. The zero-order valence-corrected chi connectivity index (χ0v) is 21.0. The molecule has 1 unspecified atom stereocenters. The maximum Gasteiger partial charge on any atom is 0.251 e. The van der Waals surface area contributed by atoms with Crippen LogP contribution in [0.3, 0.4) is 0 Å². The number of hydrogen-bond donors (Lipinski definition) is 3. The molecule has 1 saturated heterocycles. The van der Waals surface area contributed by atoms with Crippen molar-refractivity contribution in [1.82, 2.24) is 16.0 Å². The molecule has 1 fully saturated rings. The van der Waals surface area contributed by atoms with Gasteiger partial charge in [0.25, 0.3) is 5.91 Å². The fourth-order valence-corrected chi connectivity index (χ4v) is 3.67. The molecule has 1 aliphatic heterocycles. The van der Waals surface area contributed by atoms with Crippen LogP contribution < -0.4 is 20.9 Å². The first-order valence-electron chi connectivity index (χ1n) is 10.8. The molecule has 7 heteroatoms. The zero-order valence-electron chi connectivity index (χ0n) is 18.6. The van der Waals surface area contributed by atoms with Crippen molar-refractivity contribution in [3.05, 3.63) is 65.2 Å². The minimum absolute atomic E-state index is 0. The first-order valence-corrected chi connectivity index (χ1v) is 10.8. The summed E-state index contributed by atoms with van der Waals surface area (Å²) in [6.45, 7) is 7.62. The van der Waals surface area contributed by atoms with Gasteiger partial charge in [-0.15, -0.1) is 24.0 Å². The topological polar surface area (TPSA) is 68.8 Å². The van der Waals surface area contributed by atoms with Crippen molar-refractivity contribution >= 4 is 41.5 Å². The monoisotopic (exact) mass is 535 g/mol. The second-order valence-corrected chi connectivity index (χ2v) is 7.64. The smallest absolute Gasteiger partial charge is 0.251 e. The molecule has 1 heterocycles. The third-order valence-electron chi connectivity index (χ3n) is 5.43. The number of nitrogens with zero attached hydrogens (tertiary/aromatic N) is 2. The maximum atomic E-state index is 11.9. The molecule has 0 aliphatic carbocycles. The standard InChI is InChI=1S/C24H33N5O.HI/c1-4-26-23(30)20-12-10-19(11-13-20)17-27-24(25-3)28-18(2)21-8-7-9-22(16-21)29-14-5-6-15-29;/h7-13,16,18H,4-6,14-15,17H2,1-3H3,(H,26,30)(H2,25,27,28);1H. The van der Waals surface area contributed by atoms with Crippen molar-refractivity contribution in [1.29, 1.82) is 0 Å². The Bertz CT molecular complexity index is 863. The minimum Gasteiger partial charge on any atom is -0.372 e. The van der Waals surface area contributed by atoms with Crippen LogP contribution in [0.25, 0.3) is 0 Å². The van der Waals surface area contributed by atoms with Crippen LogP contribution in [-0.2, 0) is 6.54 Å². The number of nitrogens with one attached hydrogen (secondary N) is 3. The quantitative estimate of drug-likeness (QED) is 0.284. The Labute approximate surface area is 202 Å². The molecule has 3 rings (SSSR count). The average Bonchev–Trinajstić information content (AvgIpc) is 3.32. The highest BCUT2D eigenvalue weighted by Gasteiger charge is 2.14. The summed E-state index contributed by atoms with van der Waals surface area (Å²) in [5, 5.41) is 9.64. The summed E-state index contributed by atoms with van der Waals surface area (Å²) in [4.78, 5) is 18.7. The van der Waals surface area contributed by atoms with E-state index >= 15 is 0 Å². The summed E-state index contributed by atoms with van der Waals surface area (Å²) in [6, 6.07) is 16.5. The molecule has 2 aromatic carbocycles. The van der Waals surface area contributed by atoms with Crippen LogP contribution in [0.5, 0.6) is 0 Å². The van der Waals surface area contributed by atoms with E-state index in [-0.39, 0.29) is 35.9 Å². The fourth-order valence-electron chi connectivity index (χ4n) is 3.67. The minimum atomic E-state index is -0.0422. The number of aliphatic imine (C=N–C) groups is 1. The van der Waals surface area contributed by atoms with Gasteiger partial charge in [-0.2, -0.15) is 0 Å². The van der Waals surface area contributed by atoms with Gasteiger partial charge >= 0.3 is 0 Å². The van der Waals surface area contributed by atoms with E-state index in [0.29, 0.717) is 18.7 Å². The van der Waals surface area contributed by atoms with Gasteiger partial charge in [-0.3, -0.25) is 9.79 Å². The highest BCUT2D eigenvalue weighted by Crippen LogP contribution is 2.23. The molecule has 0 spiro atoms. The molecule has 31 heavy (non-hydrogen) atoms. The lowest BCUT2D eigenvalue weighted by atomic mass is 10.1. The summed E-state index contributed by atoms with van der Waals surface area (Å²) >= 11 is 0. The summed E-state index contributed by atoms with van der Waals surface area (Å²) in [5.41, 5.74) is 4.31. The molecular weight excluding hydrogens is 501 g/mol. The second kappa shape index (κ2) is 12.5. The molecule has 3 N–H and O–H groups in total. The van der Waals surface area contributed by atoms with Crippen LogP contribution in [0.15, 0.2) is 53.5 Å². The van der Waals surface area contributed by atoms with Gasteiger partial charge in [0, 0.05) is 44.5 Å². The van der Waals surface area contributed by atoms with Crippen molar-refractivity contribution in [3.8, 4) is 0 Å². The Morgan fingerprint density at radius 1 is 1.10 bits per heavy atom. The first-order chi connectivity index (χ1) is 14.6. The molecule has 0 aromatic heterocycles. The Hall–Kier alpha value is -2.29. The van der Waals surface area contributed by atoms with E-state index in [9.17, 15) is 4.79 Å². The van der Waals surface area contributed by atoms with Gasteiger partial charge in [0.05, 0.1) is 6.04 Å². The van der Waals surface area contributed by atoms with Crippen LogP contribution in [0.2, 0.25) is 0 Å². The number of benzene rings is 2. The van der Waals surface area contributed by atoms with Gasteiger partial charge in [0.15, 0.2) is 5.96 Å². The van der Waals surface area contributed by atoms with Crippen LogP contribution in [0.4, 0.5) is 5.69 Å². The van der Waals surface area contributed by atoms with Gasteiger partial charge in [-0.05, 0) is 62.1 Å². The number of carbonyl (C=O) groups excluding carboxylic acids is 1. The van der Waals surface area contributed by atoms with Crippen molar-refractivity contribution in [3.63, 3.8) is 0 Å². The van der Waals surface area contributed by atoms with Crippen LogP contribution in [0, 0.1) is 0 Å². The van der Waals surface area contributed by atoms with E-state index in [1.54, 1.807) is 7.05 Å². The fraction of sp³-hybridized carbons (Fsp3) is 0.417. The van der Waals surface area contributed by atoms with Crippen LogP contribution in [-0.4, -0.2) is 38.5 Å².